The standard InChI is InChI=1S/C11H12O4/c1-3-15-11(13)9-6-4-5-8(7-12)10(9)14-2/h4-7H,3H2,1-2H3. The summed E-state index contributed by atoms with van der Waals surface area (Å²) < 4.78 is 9.84. The van der Waals surface area contributed by atoms with E-state index in [0.717, 1.165) is 0 Å². The number of carbonyl (C=O) groups excluding carboxylic acids is 2. The molecule has 0 fully saturated rings. The lowest BCUT2D eigenvalue weighted by atomic mass is 10.1. The van der Waals surface area contributed by atoms with Gasteiger partial charge in [0.05, 0.1) is 19.3 Å². The van der Waals surface area contributed by atoms with Gasteiger partial charge in [-0.15, -0.1) is 0 Å². The third kappa shape index (κ3) is 2.34. The van der Waals surface area contributed by atoms with Gasteiger partial charge in [-0.05, 0) is 19.1 Å². The Kier molecular flexibility index (Phi) is 3.85. The van der Waals surface area contributed by atoms with E-state index in [1.54, 1.807) is 25.1 Å². The zero-order valence-corrected chi connectivity index (χ0v) is 8.65. The normalized spacial score (nSPS) is 9.47. The molecule has 0 aliphatic carbocycles. The van der Waals surface area contributed by atoms with Crippen LogP contribution in [0.25, 0.3) is 0 Å². The van der Waals surface area contributed by atoms with Gasteiger partial charge in [-0.1, -0.05) is 6.07 Å². The summed E-state index contributed by atoms with van der Waals surface area (Å²) in [5.41, 5.74) is 0.604. The summed E-state index contributed by atoms with van der Waals surface area (Å²) in [6, 6.07) is 4.75. The minimum absolute atomic E-state index is 0.256. The maximum Gasteiger partial charge on any atom is 0.341 e. The third-order valence-corrected chi connectivity index (χ3v) is 1.87. The summed E-state index contributed by atoms with van der Waals surface area (Å²) in [5, 5.41) is 0. The highest BCUT2D eigenvalue weighted by Crippen LogP contribution is 2.22. The molecular weight excluding hydrogens is 196 g/mol. The number of rotatable bonds is 4. The molecule has 15 heavy (non-hydrogen) atoms. The van der Waals surface area contributed by atoms with E-state index >= 15 is 0 Å². The van der Waals surface area contributed by atoms with Crippen molar-refractivity contribution in [3.05, 3.63) is 29.3 Å². The number of aldehydes is 1. The lowest BCUT2D eigenvalue weighted by Gasteiger charge is -2.09. The van der Waals surface area contributed by atoms with Crippen LogP contribution >= 0.6 is 0 Å². The zero-order valence-electron chi connectivity index (χ0n) is 8.65. The molecule has 0 unspecified atom stereocenters. The summed E-state index contributed by atoms with van der Waals surface area (Å²) in [7, 11) is 1.41. The van der Waals surface area contributed by atoms with Crippen LogP contribution in [0.1, 0.15) is 27.6 Å². The molecule has 0 bridgehead atoms. The van der Waals surface area contributed by atoms with Crippen molar-refractivity contribution in [2.24, 2.45) is 0 Å². The Balaban J connectivity index is 3.16. The molecule has 0 aliphatic heterocycles. The third-order valence-electron chi connectivity index (χ3n) is 1.87. The second-order valence-electron chi connectivity index (χ2n) is 2.77. The molecule has 0 atom stereocenters. The molecule has 0 N–H and O–H groups in total. The summed E-state index contributed by atoms with van der Waals surface area (Å²) in [6.45, 7) is 2.00. The molecule has 0 radical (unpaired) electrons. The number of hydrogen-bond donors (Lipinski definition) is 0. The topological polar surface area (TPSA) is 52.6 Å². The molecule has 0 spiro atoms. The van der Waals surface area contributed by atoms with E-state index < -0.39 is 5.97 Å². The van der Waals surface area contributed by atoms with Crippen LogP contribution in [0.5, 0.6) is 5.75 Å². The molecule has 4 heteroatoms. The van der Waals surface area contributed by atoms with Crippen molar-refractivity contribution in [3.63, 3.8) is 0 Å². The van der Waals surface area contributed by atoms with Gasteiger partial charge in [-0.25, -0.2) is 4.79 Å². The molecular formula is C11H12O4. The second kappa shape index (κ2) is 5.14. The van der Waals surface area contributed by atoms with Gasteiger partial charge in [0.2, 0.25) is 0 Å². The Labute approximate surface area is 87.8 Å². The molecule has 0 aliphatic rings. The van der Waals surface area contributed by atoms with Crippen molar-refractivity contribution in [1.82, 2.24) is 0 Å². The summed E-state index contributed by atoms with van der Waals surface area (Å²) in [6.07, 6.45) is 0.640. The second-order valence-corrected chi connectivity index (χ2v) is 2.77. The van der Waals surface area contributed by atoms with Gasteiger partial charge >= 0.3 is 5.97 Å². The van der Waals surface area contributed by atoms with Crippen molar-refractivity contribution in [2.75, 3.05) is 13.7 Å². The van der Waals surface area contributed by atoms with Crippen molar-refractivity contribution in [2.45, 2.75) is 6.92 Å². The predicted octanol–water partition coefficient (Wildman–Crippen LogP) is 1.68. The lowest BCUT2D eigenvalue weighted by Crippen LogP contribution is -2.08. The Hall–Kier alpha value is -1.84. The highest BCUT2D eigenvalue weighted by molar-refractivity contribution is 5.96. The van der Waals surface area contributed by atoms with E-state index in [1.807, 2.05) is 0 Å². The van der Waals surface area contributed by atoms with Crippen LogP contribution in [-0.2, 0) is 4.74 Å². The minimum Gasteiger partial charge on any atom is -0.495 e. The molecule has 1 aromatic carbocycles. The Morgan fingerprint density at radius 2 is 2.20 bits per heavy atom. The highest BCUT2D eigenvalue weighted by atomic mass is 16.5. The first kappa shape index (κ1) is 11.2. The fourth-order valence-corrected chi connectivity index (χ4v) is 1.25. The van der Waals surface area contributed by atoms with Gasteiger partial charge < -0.3 is 9.47 Å². The number of para-hydroxylation sites is 1. The van der Waals surface area contributed by atoms with Gasteiger partial charge in [-0.3, -0.25) is 4.79 Å². The minimum atomic E-state index is -0.488. The number of ether oxygens (including phenoxy) is 2. The van der Waals surface area contributed by atoms with Gasteiger partial charge in [0.1, 0.15) is 11.3 Å². The van der Waals surface area contributed by atoms with Crippen molar-refractivity contribution in [3.8, 4) is 5.75 Å². The van der Waals surface area contributed by atoms with Gasteiger partial charge in [0.15, 0.2) is 6.29 Å². The average molecular weight is 208 g/mol. The molecule has 0 amide bonds. The molecule has 0 heterocycles. The molecule has 80 valence electrons. The van der Waals surface area contributed by atoms with Crippen molar-refractivity contribution in [1.29, 1.82) is 0 Å². The molecule has 0 saturated carbocycles. The maximum atomic E-state index is 11.5. The average Bonchev–Trinajstić information content (AvgIpc) is 2.28. The van der Waals surface area contributed by atoms with E-state index in [1.165, 1.54) is 7.11 Å². The molecule has 1 aromatic rings. The fourth-order valence-electron chi connectivity index (χ4n) is 1.25. The first-order valence-electron chi connectivity index (χ1n) is 4.53. The van der Waals surface area contributed by atoms with Crippen molar-refractivity contribution >= 4 is 12.3 Å². The molecule has 4 nitrogen and oxygen atoms in total. The number of methoxy groups -OCH3 is 1. The van der Waals surface area contributed by atoms with Gasteiger partial charge in [-0.2, -0.15) is 0 Å². The fraction of sp³-hybridized carbons (Fsp3) is 0.273. The van der Waals surface area contributed by atoms with Crippen LogP contribution in [0.15, 0.2) is 18.2 Å². The van der Waals surface area contributed by atoms with E-state index in [-0.39, 0.29) is 17.9 Å². The zero-order chi connectivity index (χ0) is 11.3. The number of benzene rings is 1. The van der Waals surface area contributed by atoms with Crippen LogP contribution < -0.4 is 4.74 Å². The van der Waals surface area contributed by atoms with E-state index in [0.29, 0.717) is 11.8 Å². The SMILES string of the molecule is CCOC(=O)c1cccc(C=O)c1OC. The Morgan fingerprint density at radius 3 is 2.73 bits per heavy atom. The van der Waals surface area contributed by atoms with Crippen LogP contribution in [0.2, 0.25) is 0 Å². The van der Waals surface area contributed by atoms with E-state index in [2.05, 4.69) is 0 Å². The van der Waals surface area contributed by atoms with Crippen LogP contribution in [0.3, 0.4) is 0 Å². The smallest absolute Gasteiger partial charge is 0.341 e. The molecule has 0 aromatic heterocycles. The number of hydrogen-bond acceptors (Lipinski definition) is 4. The lowest BCUT2D eigenvalue weighted by molar-refractivity contribution is 0.0522. The summed E-state index contributed by atoms with van der Waals surface area (Å²) in [4.78, 5) is 22.2. The number of carbonyl (C=O) groups is 2. The van der Waals surface area contributed by atoms with Gasteiger partial charge in [0, 0.05) is 0 Å². The highest BCUT2D eigenvalue weighted by Gasteiger charge is 2.15. The number of esters is 1. The van der Waals surface area contributed by atoms with Crippen LogP contribution in [0.4, 0.5) is 0 Å². The molecule has 0 saturated heterocycles. The summed E-state index contributed by atoms with van der Waals surface area (Å²) in [5.74, 6) is -0.232. The predicted molar refractivity (Wildman–Crippen MR) is 54.3 cm³/mol. The van der Waals surface area contributed by atoms with Crippen LogP contribution in [-0.4, -0.2) is 26.0 Å². The Bertz CT molecular complexity index is 371. The van der Waals surface area contributed by atoms with Crippen LogP contribution in [0, 0.1) is 0 Å². The summed E-state index contributed by atoms with van der Waals surface area (Å²) >= 11 is 0. The van der Waals surface area contributed by atoms with Crippen molar-refractivity contribution < 1.29 is 19.1 Å². The first-order chi connectivity index (χ1) is 7.24. The monoisotopic (exact) mass is 208 g/mol. The maximum absolute atomic E-state index is 11.5. The Morgan fingerprint density at radius 1 is 1.47 bits per heavy atom. The first-order valence-corrected chi connectivity index (χ1v) is 4.53. The van der Waals surface area contributed by atoms with E-state index in [9.17, 15) is 9.59 Å². The largest absolute Gasteiger partial charge is 0.495 e. The van der Waals surface area contributed by atoms with Gasteiger partial charge in [0.25, 0.3) is 0 Å². The molecule has 1 rings (SSSR count). The van der Waals surface area contributed by atoms with E-state index in [4.69, 9.17) is 9.47 Å². The quantitative estimate of drug-likeness (QED) is 0.558.